The van der Waals surface area contributed by atoms with Crippen molar-refractivity contribution in [1.29, 1.82) is 0 Å². The molecule has 1 aromatic rings. The molecule has 0 spiro atoms. The molecule has 3 fully saturated rings. The summed E-state index contributed by atoms with van der Waals surface area (Å²) < 4.78 is 17.0. The first-order valence-electron chi connectivity index (χ1n) is 11.2. The molecular weight excluding hydrogens is 368 g/mol. The van der Waals surface area contributed by atoms with Gasteiger partial charge in [-0.15, -0.1) is 0 Å². The number of fused-ring (bicyclic) bond motifs is 2. The summed E-state index contributed by atoms with van der Waals surface area (Å²) in [4.78, 5) is 15.4. The Bertz CT molecular complexity index is 730. The van der Waals surface area contributed by atoms with Crippen LogP contribution in [0.25, 0.3) is 0 Å². The summed E-state index contributed by atoms with van der Waals surface area (Å²) in [5.41, 5.74) is 2.11. The van der Waals surface area contributed by atoms with Crippen molar-refractivity contribution >= 4 is 11.6 Å². The van der Waals surface area contributed by atoms with Crippen molar-refractivity contribution in [2.24, 2.45) is 11.8 Å². The van der Waals surface area contributed by atoms with E-state index in [-0.39, 0.29) is 5.91 Å². The molecule has 6 nitrogen and oxygen atoms in total. The average molecular weight is 401 g/mol. The van der Waals surface area contributed by atoms with E-state index in [0.29, 0.717) is 36.8 Å². The van der Waals surface area contributed by atoms with Gasteiger partial charge in [-0.25, -0.2) is 0 Å². The number of carbonyl (C=O) groups excluding carboxylic acids is 1. The lowest BCUT2D eigenvalue weighted by Crippen LogP contribution is -2.54. The number of carbonyl (C=O) groups is 1. The first-order valence-corrected chi connectivity index (χ1v) is 11.2. The van der Waals surface area contributed by atoms with Crippen molar-refractivity contribution in [2.75, 3.05) is 51.4 Å². The average Bonchev–Trinajstić information content (AvgIpc) is 2.70. The van der Waals surface area contributed by atoms with Crippen molar-refractivity contribution in [2.45, 2.75) is 44.1 Å². The van der Waals surface area contributed by atoms with Gasteiger partial charge in [0, 0.05) is 26.2 Å². The van der Waals surface area contributed by atoms with Gasteiger partial charge in [0.15, 0.2) is 0 Å². The molecule has 5 rings (SSSR count). The number of benzene rings is 1. The van der Waals surface area contributed by atoms with Crippen LogP contribution in [0.3, 0.4) is 0 Å². The molecule has 2 atom stereocenters. The van der Waals surface area contributed by atoms with Crippen molar-refractivity contribution in [1.82, 2.24) is 4.90 Å². The minimum absolute atomic E-state index is 0.122. The van der Waals surface area contributed by atoms with E-state index in [1.165, 1.54) is 5.56 Å². The molecule has 0 unspecified atom stereocenters. The van der Waals surface area contributed by atoms with E-state index in [0.717, 1.165) is 76.6 Å². The standard InChI is InChI=1S/C23H32N2O4/c26-23-12-18-3-7-25(20-14-28-15-20)13-19(18)6-10-29-22-2-1-17(11-21(22)24-23)16-4-8-27-9-5-16/h1-2,11,16,18-20H,3-10,12-15H2,(H,24,26)/t18-,19-/m0/s1. The molecule has 4 aliphatic heterocycles. The number of amides is 1. The number of nitrogens with one attached hydrogen (secondary N) is 1. The summed E-state index contributed by atoms with van der Waals surface area (Å²) in [6, 6.07) is 6.90. The van der Waals surface area contributed by atoms with Crippen molar-refractivity contribution in [3.8, 4) is 5.75 Å². The van der Waals surface area contributed by atoms with E-state index in [9.17, 15) is 4.79 Å². The van der Waals surface area contributed by atoms with Crippen LogP contribution in [0, 0.1) is 11.8 Å². The Morgan fingerprint density at radius 2 is 1.83 bits per heavy atom. The van der Waals surface area contributed by atoms with E-state index in [1.54, 1.807) is 0 Å². The number of hydrogen-bond acceptors (Lipinski definition) is 5. The fourth-order valence-electron chi connectivity index (χ4n) is 5.29. The second-order valence-electron chi connectivity index (χ2n) is 9.03. The summed E-state index contributed by atoms with van der Waals surface area (Å²) >= 11 is 0. The van der Waals surface area contributed by atoms with Gasteiger partial charge in [-0.1, -0.05) is 6.07 Å². The zero-order valence-corrected chi connectivity index (χ0v) is 17.1. The van der Waals surface area contributed by atoms with Gasteiger partial charge in [-0.2, -0.15) is 0 Å². The molecule has 1 amide bonds. The topological polar surface area (TPSA) is 60.0 Å². The summed E-state index contributed by atoms with van der Waals surface area (Å²) in [5.74, 6) is 2.38. The molecule has 1 N–H and O–H groups in total. The first-order chi connectivity index (χ1) is 14.3. The molecule has 158 valence electrons. The van der Waals surface area contributed by atoms with E-state index in [2.05, 4.69) is 22.3 Å². The third kappa shape index (κ3) is 4.30. The Morgan fingerprint density at radius 3 is 2.62 bits per heavy atom. The second kappa shape index (κ2) is 8.62. The molecule has 3 saturated heterocycles. The Morgan fingerprint density at radius 1 is 0.966 bits per heavy atom. The van der Waals surface area contributed by atoms with Crippen LogP contribution in [0.2, 0.25) is 0 Å². The van der Waals surface area contributed by atoms with E-state index in [1.807, 2.05) is 6.07 Å². The SMILES string of the molecule is O=C1C[C@@H]2CCN(C3COC3)C[C@@H]2CCOc2ccc(C3CCOCC3)cc2N1. The molecule has 0 aliphatic carbocycles. The van der Waals surface area contributed by atoms with E-state index >= 15 is 0 Å². The van der Waals surface area contributed by atoms with Gasteiger partial charge in [0.25, 0.3) is 0 Å². The lowest BCUT2D eigenvalue weighted by molar-refractivity contribution is -0.119. The maximum Gasteiger partial charge on any atom is 0.224 e. The van der Waals surface area contributed by atoms with Gasteiger partial charge in [0.1, 0.15) is 5.75 Å². The molecule has 0 saturated carbocycles. The third-order valence-electron chi connectivity index (χ3n) is 7.22. The molecule has 0 radical (unpaired) electrons. The monoisotopic (exact) mass is 400 g/mol. The van der Waals surface area contributed by atoms with Crippen molar-refractivity contribution in [3.63, 3.8) is 0 Å². The minimum Gasteiger partial charge on any atom is -0.491 e. The normalized spacial score (nSPS) is 29.7. The number of rotatable bonds is 2. The molecule has 4 heterocycles. The Balaban J connectivity index is 1.30. The van der Waals surface area contributed by atoms with Gasteiger partial charge in [-0.3, -0.25) is 9.69 Å². The van der Waals surface area contributed by atoms with E-state index < -0.39 is 0 Å². The predicted molar refractivity (Wildman–Crippen MR) is 110 cm³/mol. The van der Waals surface area contributed by atoms with Gasteiger partial charge in [0.05, 0.1) is 31.5 Å². The highest BCUT2D eigenvalue weighted by molar-refractivity contribution is 5.92. The zero-order valence-electron chi connectivity index (χ0n) is 17.1. The molecule has 29 heavy (non-hydrogen) atoms. The number of piperidine rings is 1. The highest BCUT2D eigenvalue weighted by Gasteiger charge is 2.36. The van der Waals surface area contributed by atoms with Crippen LogP contribution >= 0.6 is 0 Å². The van der Waals surface area contributed by atoms with Crippen LogP contribution < -0.4 is 10.1 Å². The predicted octanol–water partition coefficient (Wildman–Crippen LogP) is 3.03. The molecule has 0 bridgehead atoms. The molecular formula is C23H32N2O4. The zero-order chi connectivity index (χ0) is 19.6. The summed E-state index contributed by atoms with van der Waals surface area (Å²) in [6.07, 6.45) is 4.78. The lowest BCUT2D eigenvalue weighted by atomic mass is 9.80. The Hall–Kier alpha value is -1.63. The van der Waals surface area contributed by atoms with E-state index in [4.69, 9.17) is 14.2 Å². The van der Waals surface area contributed by atoms with Crippen molar-refractivity contribution < 1.29 is 19.0 Å². The maximum atomic E-state index is 12.9. The van der Waals surface area contributed by atoms with Crippen LogP contribution in [0.15, 0.2) is 18.2 Å². The summed E-state index contributed by atoms with van der Waals surface area (Å²) in [7, 11) is 0. The van der Waals surface area contributed by atoms with Crippen LogP contribution in [-0.2, 0) is 14.3 Å². The number of ether oxygens (including phenoxy) is 3. The van der Waals surface area contributed by atoms with Crippen molar-refractivity contribution in [3.05, 3.63) is 23.8 Å². The number of anilines is 1. The van der Waals surface area contributed by atoms with Gasteiger partial charge >= 0.3 is 0 Å². The molecule has 4 aliphatic rings. The molecule has 6 heteroatoms. The number of hydrogen-bond donors (Lipinski definition) is 1. The smallest absolute Gasteiger partial charge is 0.224 e. The third-order valence-corrected chi connectivity index (χ3v) is 7.22. The van der Waals surface area contributed by atoms with Gasteiger partial charge < -0.3 is 19.5 Å². The highest BCUT2D eigenvalue weighted by Crippen LogP contribution is 2.36. The fourth-order valence-corrected chi connectivity index (χ4v) is 5.29. The largest absolute Gasteiger partial charge is 0.491 e. The van der Waals surface area contributed by atoms with Gasteiger partial charge in [0.2, 0.25) is 5.91 Å². The lowest BCUT2D eigenvalue weighted by Gasteiger charge is -2.45. The quantitative estimate of drug-likeness (QED) is 0.827. The Kier molecular flexibility index (Phi) is 5.75. The summed E-state index contributed by atoms with van der Waals surface area (Å²) in [6.45, 7) is 6.19. The first kappa shape index (κ1) is 19.3. The molecule has 1 aromatic carbocycles. The van der Waals surface area contributed by atoms with Crippen LogP contribution in [0.1, 0.15) is 43.6 Å². The second-order valence-corrected chi connectivity index (χ2v) is 9.03. The number of likely N-dealkylation sites (tertiary alicyclic amines) is 1. The number of nitrogens with zero attached hydrogens (tertiary/aromatic N) is 1. The van der Waals surface area contributed by atoms with Crippen LogP contribution in [0.5, 0.6) is 5.75 Å². The molecule has 0 aromatic heterocycles. The maximum absolute atomic E-state index is 12.9. The van der Waals surface area contributed by atoms with Gasteiger partial charge in [-0.05, 0) is 67.7 Å². The fraction of sp³-hybridized carbons (Fsp3) is 0.696. The van der Waals surface area contributed by atoms with Crippen LogP contribution in [-0.4, -0.2) is 63.0 Å². The highest BCUT2D eigenvalue weighted by atomic mass is 16.5. The minimum atomic E-state index is 0.122. The summed E-state index contributed by atoms with van der Waals surface area (Å²) in [5, 5.41) is 3.17. The van der Waals surface area contributed by atoms with Crippen LogP contribution in [0.4, 0.5) is 5.69 Å². The Labute approximate surface area is 172 Å².